The van der Waals surface area contributed by atoms with Crippen LogP contribution in [0.5, 0.6) is 0 Å². The molecule has 1 rings (SSSR count). The minimum Gasteiger partial charge on any atom is -0.393 e. The molecule has 0 fully saturated rings. The maximum atomic E-state index is 9.27. The van der Waals surface area contributed by atoms with Crippen molar-refractivity contribution in [1.29, 1.82) is 0 Å². The summed E-state index contributed by atoms with van der Waals surface area (Å²) in [5.41, 5.74) is 2.26. The Morgan fingerprint density at radius 1 is 1.50 bits per heavy atom. The number of hydrogen-bond acceptors (Lipinski definition) is 3. The van der Waals surface area contributed by atoms with Gasteiger partial charge >= 0.3 is 0 Å². The fourth-order valence-corrected chi connectivity index (χ4v) is 1.89. The Labute approximate surface area is 97.7 Å². The zero-order valence-electron chi connectivity index (χ0n) is 10.7. The standard InChI is InChI=1S/C12H23N3O/c1-5-15-12(7-10(3)14-15)8-13-9(2)6-11(4)16/h7,9,11,13,16H,5-6,8H2,1-4H3. The van der Waals surface area contributed by atoms with Gasteiger partial charge in [-0.05, 0) is 40.2 Å². The summed E-state index contributed by atoms with van der Waals surface area (Å²) in [5.74, 6) is 0. The van der Waals surface area contributed by atoms with Gasteiger partial charge in [-0.25, -0.2) is 0 Å². The van der Waals surface area contributed by atoms with Crippen LogP contribution in [-0.4, -0.2) is 27.0 Å². The molecule has 1 aromatic rings. The highest BCUT2D eigenvalue weighted by molar-refractivity contribution is 5.08. The van der Waals surface area contributed by atoms with Gasteiger partial charge < -0.3 is 10.4 Å². The molecule has 1 aromatic heterocycles. The Balaban J connectivity index is 2.47. The Morgan fingerprint density at radius 2 is 2.19 bits per heavy atom. The van der Waals surface area contributed by atoms with Gasteiger partial charge in [-0.3, -0.25) is 4.68 Å². The first-order valence-corrected chi connectivity index (χ1v) is 5.97. The topological polar surface area (TPSA) is 50.1 Å². The number of aryl methyl sites for hydroxylation is 2. The minimum absolute atomic E-state index is 0.250. The first-order chi connectivity index (χ1) is 7.52. The van der Waals surface area contributed by atoms with E-state index in [1.807, 2.05) is 18.5 Å². The molecule has 0 saturated heterocycles. The summed E-state index contributed by atoms with van der Waals surface area (Å²) in [6.07, 6.45) is 0.527. The van der Waals surface area contributed by atoms with E-state index in [0.29, 0.717) is 6.04 Å². The predicted octanol–water partition coefficient (Wildman–Crippen LogP) is 1.46. The molecule has 0 amide bonds. The molecule has 2 atom stereocenters. The molecule has 0 bridgehead atoms. The van der Waals surface area contributed by atoms with Crippen molar-refractivity contribution in [3.05, 3.63) is 17.5 Å². The van der Waals surface area contributed by atoms with Crippen LogP contribution < -0.4 is 5.32 Å². The van der Waals surface area contributed by atoms with Crippen molar-refractivity contribution in [2.24, 2.45) is 0 Å². The van der Waals surface area contributed by atoms with Gasteiger partial charge in [0, 0.05) is 19.1 Å². The lowest BCUT2D eigenvalue weighted by molar-refractivity contribution is 0.170. The Hall–Kier alpha value is -0.870. The summed E-state index contributed by atoms with van der Waals surface area (Å²) >= 11 is 0. The average molecular weight is 225 g/mol. The van der Waals surface area contributed by atoms with Crippen molar-refractivity contribution in [1.82, 2.24) is 15.1 Å². The second-order valence-corrected chi connectivity index (χ2v) is 4.46. The van der Waals surface area contributed by atoms with Gasteiger partial charge in [0.15, 0.2) is 0 Å². The zero-order valence-corrected chi connectivity index (χ0v) is 10.7. The van der Waals surface area contributed by atoms with Crippen LogP contribution in [0.2, 0.25) is 0 Å². The number of aliphatic hydroxyl groups excluding tert-OH is 1. The molecule has 0 aliphatic carbocycles. The van der Waals surface area contributed by atoms with Crippen molar-refractivity contribution in [3.8, 4) is 0 Å². The lowest BCUT2D eigenvalue weighted by Gasteiger charge is -2.15. The number of aliphatic hydroxyl groups is 1. The van der Waals surface area contributed by atoms with Crippen LogP contribution >= 0.6 is 0 Å². The monoisotopic (exact) mass is 225 g/mol. The summed E-state index contributed by atoms with van der Waals surface area (Å²) in [7, 11) is 0. The van der Waals surface area contributed by atoms with E-state index in [2.05, 4.69) is 30.3 Å². The van der Waals surface area contributed by atoms with Crippen LogP contribution in [0, 0.1) is 6.92 Å². The SMILES string of the molecule is CCn1nc(C)cc1CNC(C)CC(C)O. The molecular formula is C12H23N3O. The summed E-state index contributed by atoms with van der Waals surface area (Å²) in [6.45, 7) is 9.72. The van der Waals surface area contributed by atoms with E-state index in [4.69, 9.17) is 0 Å². The Morgan fingerprint density at radius 3 is 2.75 bits per heavy atom. The van der Waals surface area contributed by atoms with E-state index < -0.39 is 0 Å². The first-order valence-electron chi connectivity index (χ1n) is 5.97. The molecule has 1 heterocycles. The quantitative estimate of drug-likeness (QED) is 0.770. The lowest BCUT2D eigenvalue weighted by Crippen LogP contribution is -2.29. The van der Waals surface area contributed by atoms with Crippen LogP contribution in [0.4, 0.5) is 0 Å². The van der Waals surface area contributed by atoms with Gasteiger partial charge in [0.25, 0.3) is 0 Å². The molecule has 0 aromatic carbocycles. The van der Waals surface area contributed by atoms with Crippen LogP contribution in [0.3, 0.4) is 0 Å². The second kappa shape index (κ2) is 6.01. The van der Waals surface area contributed by atoms with E-state index in [-0.39, 0.29) is 6.10 Å². The van der Waals surface area contributed by atoms with Gasteiger partial charge in [-0.2, -0.15) is 5.10 Å². The molecule has 0 aliphatic rings. The number of rotatable bonds is 6. The third-order valence-corrected chi connectivity index (χ3v) is 2.61. The van der Waals surface area contributed by atoms with Crippen molar-refractivity contribution in [2.75, 3.05) is 0 Å². The second-order valence-electron chi connectivity index (χ2n) is 4.46. The van der Waals surface area contributed by atoms with E-state index in [9.17, 15) is 5.11 Å². The fraction of sp³-hybridized carbons (Fsp3) is 0.750. The van der Waals surface area contributed by atoms with Crippen molar-refractivity contribution in [3.63, 3.8) is 0 Å². The number of aromatic nitrogens is 2. The van der Waals surface area contributed by atoms with Crippen LogP contribution in [0.1, 0.15) is 38.6 Å². The van der Waals surface area contributed by atoms with Gasteiger partial charge in [0.1, 0.15) is 0 Å². The number of hydrogen-bond donors (Lipinski definition) is 2. The molecule has 4 nitrogen and oxygen atoms in total. The Bertz CT molecular complexity index is 320. The predicted molar refractivity (Wildman–Crippen MR) is 65.2 cm³/mol. The van der Waals surface area contributed by atoms with Crippen molar-refractivity contribution in [2.45, 2.75) is 59.4 Å². The van der Waals surface area contributed by atoms with Crippen molar-refractivity contribution < 1.29 is 5.11 Å². The highest BCUT2D eigenvalue weighted by Crippen LogP contribution is 2.05. The van der Waals surface area contributed by atoms with E-state index >= 15 is 0 Å². The fourth-order valence-electron chi connectivity index (χ4n) is 1.89. The zero-order chi connectivity index (χ0) is 12.1. The first kappa shape index (κ1) is 13.2. The average Bonchev–Trinajstić information content (AvgIpc) is 2.55. The summed E-state index contributed by atoms with van der Waals surface area (Å²) in [4.78, 5) is 0. The summed E-state index contributed by atoms with van der Waals surface area (Å²) in [5, 5.41) is 17.1. The van der Waals surface area contributed by atoms with Crippen LogP contribution in [0.15, 0.2) is 6.07 Å². The molecule has 0 aliphatic heterocycles. The summed E-state index contributed by atoms with van der Waals surface area (Å²) < 4.78 is 2.01. The normalized spacial score (nSPS) is 15.1. The molecule has 92 valence electrons. The molecule has 0 radical (unpaired) electrons. The third kappa shape index (κ3) is 3.94. The molecule has 0 spiro atoms. The van der Waals surface area contributed by atoms with E-state index in [0.717, 1.165) is 25.2 Å². The largest absolute Gasteiger partial charge is 0.393 e. The third-order valence-electron chi connectivity index (χ3n) is 2.61. The molecule has 2 N–H and O–H groups in total. The smallest absolute Gasteiger partial charge is 0.0597 e. The highest BCUT2D eigenvalue weighted by Gasteiger charge is 2.08. The number of nitrogens with one attached hydrogen (secondary N) is 1. The maximum absolute atomic E-state index is 9.27. The molecular weight excluding hydrogens is 202 g/mol. The van der Waals surface area contributed by atoms with Crippen molar-refractivity contribution >= 4 is 0 Å². The lowest BCUT2D eigenvalue weighted by atomic mass is 10.1. The van der Waals surface area contributed by atoms with Gasteiger partial charge in [0.05, 0.1) is 17.5 Å². The van der Waals surface area contributed by atoms with Gasteiger partial charge in [-0.15, -0.1) is 0 Å². The maximum Gasteiger partial charge on any atom is 0.0597 e. The van der Waals surface area contributed by atoms with E-state index in [1.54, 1.807) is 0 Å². The van der Waals surface area contributed by atoms with Gasteiger partial charge in [-0.1, -0.05) is 0 Å². The Kier molecular flexibility index (Phi) is 4.96. The van der Waals surface area contributed by atoms with Crippen LogP contribution in [0.25, 0.3) is 0 Å². The van der Waals surface area contributed by atoms with Gasteiger partial charge in [0.2, 0.25) is 0 Å². The minimum atomic E-state index is -0.250. The highest BCUT2D eigenvalue weighted by atomic mass is 16.3. The molecule has 2 unspecified atom stereocenters. The molecule has 0 saturated carbocycles. The number of nitrogens with zero attached hydrogens (tertiary/aromatic N) is 2. The van der Waals surface area contributed by atoms with Crippen LogP contribution in [-0.2, 0) is 13.1 Å². The molecule has 16 heavy (non-hydrogen) atoms. The van der Waals surface area contributed by atoms with E-state index in [1.165, 1.54) is 5.69 Å². The summed E-state index contributed by atoms with van der Waals surface area (Å²) in [6, 6.07) is 2.42. The molecule has 4 heteroatoms.